The van der Waals surface area contributed by atoms with Crippen molar-refractivity contribution in [3.05, 3.63) is 58.1 Å². The monoisotopic (exact) mass is 444 g/mol. The lowest BCUT2D eigenvalue weighted by molar-refractivity contribution is -0.387. The Kier molecular flexibility index (Phi) is 7.35. The van der Waals surface area contributed by atoms with Crippen molar-refractivity contribution >= 4 is 35.0 Å². The molecule has 0 bridgehead atoms. The fourth-order valence-electron chi connectivity index (χ4n) is 3.38. The van der Waals surface area contributed by atoms with Crippen LogP contribution < -0.4 is 15.4 Å². The number of nitro benzene ring substituents is 1. The summed E-state index contributed by atoms with van der Waals surface area (Å²) in [6.07, 6.45) is 0.829. The Bertz CT molecular complexity index is 967. The van der Waals surface area contributed by atoms with Gasteiger partial charge < -0.3 is 20.3 Å². The fraction of sp³-hybridized carbons (Fsp3) is 0.333. The zero-order chi connectivity index (χ0) is 22.4. The van der Waals surface area contributed by atoms with E-state index >= 15 is 0 Å². The van der Waals surface area contributed by atoms with E-state index < -0.39 is 10.8 Å². The minimum atomic E-state index is -0.735. The number of ether oxygens (including phenoxy) is 1. The number of carbonyl (C=O) groups is 2. The number of benzene rings is 2. The Morgan fingerprint density at radius 1 is 1.13 bits per heavy atom. The van der Waals surface area contributed by atoms with E-state index in [0.717, 1.165) is 42.2 Å². The molecule has 31 heavy (non-hydrogen) atoms. The number of amides is 2. The lowest BCUT2D eigenvalue weighted by Gasteiger charge is -2.24. The van der Waals surface area contributed by atoms with Crippen molar-refractivity contribution in [2.45, 2.75) is 11.3 Å². The normalized spacial score (nSPS) is 14.1. The molecule has 2 aromatic carbocycles. The Labute approximate surface area is 184 Å². The molecule has 0 unspecified atom stereocenters. The lowest BCUT2D eigenvalue weighted by Crippen LogP contribution is -2.36. The summed E-state index contributed by atoms with van der Waals surface area (Å²) in [5, 5.41) is 11.3. The van der Waals surface area contributed by atoms with Gasteiger partial charge in [0.05, 0.1) is 22.7 Å². The van der Waals surface area contributed by atoms with Gasteiger partial charge >= 0.3 is 0 Å². The predicted octanol–water partition coefficient (Wildman–Crippen LogP) is 2.53. The molecule has 0 radical (unpaired) electrons. The van der Waals surface area contributed by atoms with E-state index in [0.29, 0.717) is 24.5 Å². The van der Waals surface area contributed by atoms with Crippen molar-refractivity contribution in [1.82, 2.24) is 4.90 Å². The van der Waals surface area contributed by atoms with Crippen LogP contribution in [0.2, 0.25) is 0 Å². The van der Waals surface area contributed by atoms with Gasteiger partial charge in [-0.05, 0) is 42.8 Å². The number of anilines is 1. The smallest absolute Gasteiger partial charge is 0.283 e. The zero-order valence-electron chi connectivity index (χ0n) is 17.2. The summed E-state index contributed by atoms with van der Waals surface area (Å²) >= 11 is 1.09. The van der Waals surface area contributed by atoms with Gasteiger partial charge in [0.25, 0.3) is 5.69 Å². The molecule has 0 aromatic heterocycles. The zero-order valence-corrected chi connectivity index (χ0v) is 18.0. The third-order valence-electron chi connectivity index (χ3n) is 5.08. The Balaban J connectivity index is 1.60. The highest BCUT2D eigenvalue weighted by atomic mass is 32.2. The van der Waals surface area contributed by atoms with Gasteiger partial charge in [-0.15, -0.1) is 11.8 Å². The number of carbonyl (C=O) groups excluding carboxylic acids is 2. The molecule has 3 rings (SSSR count). The van der Waals surface area contributed by atoms with Crippen LogP contribution in [0.25, 0.3) is 0 Å². The second-order valence-electron chi connectivity index (χ2n) is 7.01. The maximum atomic E-state index is 12.7. The Morgan fingerprint density at radius 2 is 1.87 bits per heavy atom. The van der Waals surface area contributed by atoms with Crippen LogP contribution in [0.5, 0.6) is 5.75 Å². The quantitative estimate of drug-likeness (QED) is 0.396. The Morgan fingerprint density at radius 3 is 2.52 bits per heavy atom. The average molecular weight is 445 g/mol. The first kappa shape index (κ1) is 22.4. The second-order valence-corrected chi connectivity index (χ2v) is 8.03. The highest BCUT2D eigenvalue weighted by molar-refractivity contribution is 8.00. The molecule has 10 heteroatoms. The number of nitrogens with zero attached hydrogens (tertiary/aromatic N) is 3. The molecule has 1 fully saturated rings. The minimum absolute atomic E-state index is 0.0634. The topological polar surface area (TPSA) is 119 Å². The molecule has 1 aliphatic rings. The minimum Gasteiger partial charge on any atom is -0.497 e. The molecule has 2 aromatic rings. The van der Waals surface area contributed by atoms with Crippen LogP contribution in [0.3, 0.4) is 0 Å². The lowest BCUT2D eigenvalue weighted by atomic mass is 10.2. The fourth-order valence-corrected chi connectivity index (χ4v) is 4.29. The SMILES string of the molecule is COc1ccc(N2CCCN(C(=O)CSc3ccc(C(N)=O)cc3[N+](=O)[O-])CC2)cc1. The van der Waals surface area contributed by atoms with Crippen molar-refractivity contribution in [2.24, 2.45) is 5.73 Å². The van der Waals surface area contributed by atoms with Crippen LogP contribution >= 0.6 is 11.8 Å². The van der Waals surface area contributed by atoms with Crippen LogP contribution in [0, 0.1) is 10.1 Å². The van der Waals surface area contributed by atoms with Gasteiger partial charge in [-0.25, -0.2) is 0 Å². The van der Waals surface area contributed by atoms with E-state index in [2.05, 4.69) is 4.90 Å². The second kappa shape index (κ2) is 10.2. The van der Waals surface area contributed by atoms with Crippen molar-refractivity contribution in [2.75, 3.05) is 43.9 Å². The standard InChI is InChI=1S/C21H24N4O5S/c1-30-17-6-4-16(5-7-17)23-9-2-10-24(12-11-23)20(26)14-31-19-8-3-15(21(22)27)13-18(19)25(28)29/h3-8,13H,2,9-12,14H2,1H3,(H2,22,27). The molecule has 2 amide bonds. The first-order valence-electron chi connectivity index (χ1n) is 9.77. The summed E-state index contributed by atoms with van der Waals surface area (Å²) in [6.45, 7) is 2.75. The van der Waals surface area contributed by atoms with Crippen molar-refractivity contribution in [3.63, 3.8) is 0 Å². The van der Waals surface area contributed by atoms with E-state index in [1.807, 2.05) is 24.3 Å². The summed E-state index contributed by atoms with van der Waals surface area (Å²) in [7, 11) is 1.63. The number of hydrogen-bond donors (Lipinski definition) is 1. The molecule has 164 valence electrons. The molecule has 0 saturated carbocycles. The van der Waals surface area contributed by atoms with E-state index in [1.54, 1.807) is 12.0 Å². The van der Waals surface area contributed by atoms with E-state index in [-0.39, 0.29) is 22.9 Å². The molecule has 9 nitrogen and oxygen atoms in total. The van der Waals surface area contributed by atoms with Crippen LogP contribution in [0.1, 0.15) is 16.8 Å². The average Bonchev–Trinajstić information content (AvgIpc) is 3.03. The van der Waals surface area contributed by atoms with Crippen molar-refractivity contribution in [1.29, 1.82) is 0 Å². The summed E-state index contributed by atoms with van der Waals surface area (Å²) in [5.41, 5.74) is 6.11. The Hall–Kier alpha value is -3.27. The third-order valence-corrected chi connectivity index (χ3v) is 6.12. The molecular weight excluding hydrogens is 420 g/mol. The molecule has 0 aliphatic carbocycles. The summed E-state index contributed by atoms with van der Waals surface area (Å²) in [5.74, 6) is 0.0705. The van der Waals surface area contributed by atoms with Gasteiger partial charge in [0.1, 0.15) is 5.75 Å². The number of primary amides is 1. The van der Waals surface area contributed by atoms with Gasteiger partial charge in [-0.2, -0.15) is 0 Å². The number of hydrogen-bond acceptors (Lipinski definition) is 7. The number of thioether (sulfide) groups is 1. The molecule has 0 spiro atoms. The molecular formula is C21H24N4O5S. The van der Waals surface area contributed by atoms with Crippen LogP contribution in [-0.2, 0) is 4.79 Å². The molecule has 1 saturated heterocycles. The first-order chi connectivity index (χ1) is 14.9. The third kappa shape index (κ3) is 5.66. The van der Waals surface area contributed by atoms with Crippen molar-refractivity contribution < 1.29 is 19.2 Å². The highest BCUT2D eigenvalue weighted by Crippen LogP contribution is 2.30. The van der Waals surface area contributed by atoms with Gasteiger partial charge in [-0.3, -0.25) is 19.7 Å². The largest absolute Gasteiger partial charge is 0.497 e. The van der Waals surface area contributed by atoms with E-state index in [9.17, 15) is 19.7 Å². The molecule has 2 N–H and O–H groups in total. The number of nitro groups is 1. The van der Waals surface area contributed by atoms with E-state index in [4.69, 9.17) is 10.5 Å². The van der Waals surface area contributed by atoms with Crippen LogP contribution in [0.4, 0.5) is 11.4 Å². The van der Waals surface area contributed by atoms with Crippen LogP contribution in [-0.4, -0.2) is 60.7 Å². The molecule has 1 heterocycles. The summed E-state index contributed by atoms with van der Waals surface area (Å²) in [6, 6.07) is 11.9. The summed E-state index contributed by atoms with van der Waals surface area (Å²) < 4.78 is 5.20. The van der Waals surface area contributed by atoms with E-state index in [1.165, 1.54) is 12.1 Å². The molecule has 0 atom stereocenters. The van der Waals surface area contributed by atoms with Gasteiger partial charge in [0.15, 0.2) is 0 Å². The number of methoxy groups -OCH3 is 1. The summed E-state index contributed by atoms with van der Waals surface area (Å²) in [4.78, 5) is 39.1. The van der Waals surface area contributed by atoms with Crippen LogP contribution in [0.15, 0.2) is 47.4 Å². The number of nitrogens with two attached hydrogens (primary N) is 1. The van der Waals surface area contributed by atoms with Crippen molar-refractivity contribution in [3.8, 4) is 5.75 Å². The molecule has 1 aliphatic heterocycles. The first-order valence-corrected chi connectivity index (χ1v) is 10.8. The van der Waals surface area contributed by atoms with Gasteiger partial charge in [0, 0.05) is 43.5 Å². The van der Waals surface area contributed by atoms with Gasteiger partial charge in [-0.1, -0.05) is 0 Å². The highest BCUT2D eigenvalue weighted by Gasteiger charge is 2.22. The maximum absolute atomic E-state index is 12.7. The maximum Gasteiger partial charge on any atom is 0.283 e. The number of rotatable bonds is 7. The van der Waals surface area contributed by atoms with Gasteiger partial charge in [0.2, 0.25) is 11.8 Å². The predicted molar refractivity (Wildman–Crippen MR) is 119 cm³/mol.